The molecule has 0 radical (unpaired) electrons. The molecule has 0 fully saturated rings. The lowest BCUT2D eigenvalue weighted by Gasteiger charge is -2.19. The Morgan fingerprint density at radius 3 is 0.983 bits per heavy atom. The lowest BCUT2D eigenvalue weighted by Crippen LogP contribution is -2.45. The summed E-state index contributed by atoms with van der Waals surface area (Å²) in [4.78, 5) is 12.4. The van der Waals surface area contributed by atoms with E-state index in [1.165, 1.54) is 250 Å². The number of carbonyl (C=O) groups excluding carboxylic acids is 1. The molecule has 0 saturated heterocycles. The van der Waals surface area contributed by atoms with Gasteiger partial charge in [-0.25, -0.2) is 0 Å². The zero-order chi connectivity index (χ0) is 42.8. The molecule has 2 unspecified atom stereocenters. The van der Waals surface area contributed by atoms with Crippen LogP contribution in [-0.4, -0.2) is 34.9 Å². The number of hydrogen-bond acceptors (Lipinski definition) is 3. The first kappa shape index (κ1) is 57.9. The Bertz CT molecular complexity index is 855. The van der Waals surface area contributed by atoms with E-state index in [0.29, 0.717) is 6.42 Å². The molecule has 0 bridgehead atoms. The molecule has 2 atom stereocenters. The summed E-state index contributed by atoms with van der Waals surface area (Å²) in [5.74, 6) is -0.0678. The molecular weight excluding hydrogens is 723 g/mol. The molecule has 0 aliphatic carbocycles. The van der Waals surface area contributed by atoms with Gasteiger partial charge in [-0.1, -0.05) is 289 Å². The van der Waals surface area contributed by atoms with Crippen molar-refractivity contribution in [2.45, 2.75) is 315 Å². The summed E-state index contributed by atoms with van der Waals surface area (Å²) in [6.07, 6.45) is 67.7. The maximum absolute atomic E-state index is 12.4. The molecule has 1 amide bonds. The minimum absolute atomic E-state index is 0.0678. The molecule has 4 heteroatoms. The van der Waals surface area contributed by atoms with Gasteiger partial charge in [0.1, 0.15) is 0 Å². The summed E-state index contributed by atoms with van der Waals surface area (Å²) >= 11 is 0. The Morgan fingerprint density at radius 2 is 0.661 bits per heavy atom. The van der Waals surface area contributed by atoms with E-state index in [1.54, 1.807) is 6.08 Å². The van der Waals surface area contributed by atoms with Crippen LogP contribution in [0.25, 0.3) is 0 Å². The number of hydrogen-bond donors (Lipinski definition) is 3. The fourth-order valence-electron chi connectivity index (χ4n) is 8.55. The number of carbonyl (C=O) groups is 1. The summed E-state index contributed by atoms with van der Waals surface area (Å²) in [5, 5.41) is 23.1. The van der Waals surface area contributed by atoms with Crippen molar-refractivity contribution in [1.82, 2.24) is 5.32 Å². The number of aliphatic hydroxyl groups is 2. The van der Waals surface area contributed by atoms with Crippen molar-refractivity contribution >= 4 is 5.91 Å². The van der Waals surface area contributed by atoms with Crippen molar-refractivity contribution in [3.05, 3.63) is 24.3 Å². The first-order chi connectivity index (χ1) is 29.2. The minimum atomic E-state index is -0.858. The SMILES string of the molecule is CCCCCCCCCCCC/C=C/CC/C=C/C(O)C(CO)NC(=O)CCCCCCCCCCCCCCCCCCCCCCCCCCCCCCCCC. The molecule has 0 aliphatic heterocycles. The first-order valence-electron chi connectivity index (χ1n) is 27.1. The van der Waals surface area contributed by atoms with Gasteiger partial charge in [0.25, 0.3) is 0 Å². The van der Waals surface area contributed by atoms with Crippen molar-refractivity contribution in [3.63, 3.8) is 0 Å². The van der Waals surface area contributed by atoms with Crippen molar-refractivity contribution in [2.75, 3.05) is 6.61 Å². The third-order valence-electron chi connectivity index (χ3n) is 12.7. The Kier molecular flexibility index (Phi) is 50.2. The molecule has 0 aromatic carbocycles. The first-order valence-corrected chi connectivity index (χ1v) is 27.1. The van der Waals surface area contributed by atoms with Gasteiger partial charge in [-0.2, -0.15) is 0 Å². The normalized spacial score (nSPS) is 12.9. The number of rotatable bonds is 50. The van der Waals surface area contributed by atoms with Gasteiger partial charge < -0.3 is 15.5 Å². The number of amides is 1. The third kappa shape index (κ3) is 47.8. The number of allylic oxidation sites excluding steroid dienone is 3. The molecule has 0 heterocycles. The minimum Gasteiger partial charge on any atom is -0.394 e. The molecular formula is C55H107NO3. The Labute approximate surface area is 370 Å². The smallest absolute Gasteiger partial charge is 0.220 e. The average Bonchev–Trinajstić information content (AvgIpc) is 3.24. The largest absolute Gasteiger partial charge is 0.394 e. The lowest BCUT2D eigenvalue weighted by molar-refractivity contribution is -0.123. The fraction of sp³-hybridized carbons (Fsp3) is 0.909. The molecule has 4 nitrogen and oxygen atoms in total. The van der Waals surface area contributed by atoms with Crippen molar-refractivity contribution in [3.8, 4) is 0 Å². The summed E-state index contributed by atoms with van der Waals surface area (Å²) in [7, 11) is 0. The molecule has 350 valence electrons. The zero-order valence-corrected chi connectivity index (χ0v) is 40.3. The van der Waals surface area contributed by atoms with Crippen molar-refractivity contribution in [2.24, 2.45) is 0 Å². The van der Waals surface area contributed by atoms with E-state index < -0.39 is 12.1 Å². The van der Waals surface area contributed by atoms with E-state index in [0.717, 1.165) is 32.1 Å². The highest BCUT2D eigenvalue weighted by Crippen LogP contribution is 2.17. The highest BCUT2D eigenvalue weighted by Gasteiger charge is 2.18. The summed E-state index contributed by atoms with van der Waals surface area (Å²) in [6, 6.07) is -0.635. The van der Waals surface area contributed by atoms with E-state index in [1.807, 2.05) is 6.08 Å². The monoisotopic (exact) mass is 830 g/mol. The van der Waals surface area contributed by atoms with Gasteiger partial charge in [0.15, 0.2) is 0 Å². The zero-order valence-electron chi connectivity index (χ0n) is 40.3. The van der Waals surface area contributed by atoms with Gasteiger partial charge in [-0.3, -0.25) is 4.79 Å². The Hall–Kier alpha value is -1.13. The topological polar surface area (TPSA) is 69.6 Å². The summed E-state index contributed by atoms with van der Waals surface area (Å²) in [5.41, 5.74) is 0. The third-order valence-corrected chi connectivity index (χ3v) is 12.7. The second-order valence-corrected chi connectivity index (χ2v) is 18.7. The van der Waals surface area contributed by atoms with Crippen LogP contribution in [0.5, 0.6) is 0 Å². The maximum Gasteiger partial charge on any atom is 0.220 e. The van der Waals surface area contributed by atoms with Crippen LogP contribution < -0.4 is 5.32 Å². The summed E-state index contributed by atoms with van der Waals surface area (Å²) < 4.78 is 0. The van der Waals surface area contributed by atoms with E-state index in [9.17, 15) is 15.0 Å². The predicted octanol–water partition coefficient (Wildman–Crippen LogP) is 17.5. The van der Waals surface area contributed by atoms with Crippen LogP contribution in [0.1, 0.15) is 303 Å². The molecule has 0 aromatic rings. The molecule has 3 N–H and O–H groups in total. The van der Waals surface area contributed by atoms with Crippen LogP contribution in [0.4, 0.5) is 0 Å². The number of nitrogens with one attached hydrogen (secondary N) is 1. The van der Waals surface area contributed by atoms with Crippen molar-refractivity contribution < 1.29 is 15.0 Å². The van der Waals surface area contributed by atoms with Gasteiger partial charge >= 0.3 is 0 Å². The maximum atomic E-state index is 12.4. The van der Waals surface area contributed by atoms with Gasteiger partial charge in [-0.15, -0.1) is 0 Å². The molecule has 0 aromatic heterocycles. The van der Waals surface area contributed by atoms with E-state index in [-0.39, 0.29) is 12.5 Å². The standard InChI is InChI=1S/C55H107NO3/c1-3-5-7-9-11-13-15-17-19-21-22-23-24-25-26-27-28-29-30-31-32-33-34-35-37-39-41-43-45-47-49-51-55(59)56-53(52-57)54(58)50-48-46-44-42-40-38-36-20-18-16-14-12-10-8-6-4-2/h40,42,48,50,53-54,57-58H,3-39,41,43-47,49,51-52H2,1-2H3,(H,56,59)/b42-40+,50-48+. The molecule has 59 heavy (non-hydrogen) atoms. The lowest BCUT2D eigenvalue weighted by atomic mass is 10.0. The van der Waals surface area contributed by atoms with E-state index >= 15 is 0 Å². The van der Waals surface area contributed by atoms with Crippen LogP contribution >= 0.6 is 0 Å². The highest BCUT2D eigenvalue weighted by atomic mass is 16.3. The van der Waals surface area contributed by atoms with E-state index in [4.69, 9.17) is 0 Å². The van der Waals surface area contributed by atoms with Crippen LogP contribution in [0.15, 0.2) is 24.3 Å². The molecule has 0 rings (SSSR count). The Balaban J connectivity index is 3.44. The van der Waals surface area contributed by atoms with Crippen molar-refractivity contribution in [1.29, 1.82) is 0 Å². The highest BCUT2D eigenvalue weighted by molar-refractivity contribution is 5.76. The van der Waals surface area contributed by atoms with Gasteiger partial charge in [-0.05, 0) is 32.1 Å². The van der Waals surface area contributed by atoms with Gasteiger partial charge in [0, 0.05) is 6.42 Å². The average molecular weight is 830 g/mol. The Morgan fingerprint density at radius 1 is 0.390 bits per heavy atom. The van der Waals surface area contributed by atoms with Crippen LogP contribution in [-0.2, 0) is 4.79 Å². The molecule has 0 saturated carbocycles. The molecule has 0 aliphatic rings. The van der Waals surface area contributed by atoms with Crippen LogP contribution in [0, 0.1) is 0 Å². The van der Waals surface area contributed by atoms with Crippen LogP contribution in [0.2, 0.25) is 0 Å². The second-order valence-electron chi connectivity index (χ2n) is 18.7. The second kappa shape index (κ2) is 51.2. The quantitative estimate of drug-likeness (QED) is 0.0422. The van der Waals surface area contributed by atoms with Gasteiger partial charge in [0.2, 0.25) is 5.91 Å². The fourth-order valence-corrected chi connectivity index (χ4v) is 8.55. The number of unbranched alkanes of at least 4 members (excludes halogenated alkanes) is 41. The summed E-state index contributed by atoms with van der Waals surface area (Å²) in [6.45, 7) is 4.32. The van der Waals surface area contributed by atoms with Gasteiger partial charge in [0.05, 0.1) is 18.8 Å². The van der Waals surface area contributed by atoms with E-state index in [2.05, 4.69) is 31.3 Å². The predicted molar refractivity (Wildman–Crippen MR) is 262 cm³/mol. The number of aliphatic hydroxyl groups excluding tert-OH is 2. The van der Waals surface area contributed by atoms with Crippen LogP contribution in [0.3, 0.4) is 0 Å². The molecule has 0 spiro atoms.